The van der Waals surface area contributed by atoms with Gasteiger partial charge in [-0.2, -0.15) is 0 Å². The summed E-state index contributed by atoms with van der Waals surface area (Å²) in [7, 11) is 3.92. The van der Waals surface area contributed by atoms with Gasteiger partial charge in [-0.15, -0.1) is 0 Å². The SMILES string of the molecule is Cc1cc(C)c(/C=C(\NN)N(C)C)cc1C. The van der Waals surface area contributed by atoms with Crippen LogP contribution in [0.1, 0.15) is 22.3 Å². The zero-order valence-electron chi connectivity index (χ0n) is 10.8. The molecule has 0 bridgehead atoms. The Kier molecular flexibility index (Phi) is 3.96. The quantitative estimate of drug-likeness (QED) is 0.603. The normalized spacial score (nSPS) is 11.5. The molecule has 0 amide bonds. The molecule has 0 aliphatic heterocycles. The van der Waals surface area contributed by atoms with E-state index < -0.39 is 0 Å². The zero-order valence-corrected chi connectivity index (χ0v) is 10.8. The van der Waals surface area contributed by atoms with Gasteiger partial charge >= 0.3 is 0 Å². The molecule has 0 spiro atoms. The lowest BCUT2D eigenvalue weighted by molar-refractivity contribution is 0.470. The molecule has 1 rings (SSSR count). The summed E-state index contributed by atoms with van der Waals surface area (Å²) in [6, 6.07) is 4.39. The van der Waals surface area contributed by atoms with Crippen molar-refractivity contribution >= 4 is 6.08 Å². The fourth-order valence-corrected chi connectivity index (χ4v) is 1.59. The van der Waals surface area contributed by atoms with Crippen LogP contribution in [0.15, 0.2) is 18.0 Å². The summed E-state index contributed by atoms with van der Waals surface area (Å²) in [5.74, 6) is 6.37. The first-order valence-corrected chi connectivity index (χ1v) is 5.39. The van der Waals surface area contributed by atoms with E-state index in [-0.39, 0.29) is 0 Å². The number of aryl methyl sites for hydroxylation is 3. The van der Waals surface area contributed by atoms with Crippen LogP contribution in [0.3, 0.4) is 0 Å². The molecule has 0 aliphatic rings. The maximum atomic E-state index is 5.48. The molecule has 16 heavy (non-hydrogen) atoms. The number of rotatable bonds is 3. The van der Waals surface area contributed by atoms with Crippen LogP contribution in [0.4, 0.5) is 0 Å². The van der Waals surface area contributed by atoms with Gasteiger partial charge in [0.1, 0.15) is 5.82 Å². The zero-order chi connectivity index (χ0) is 12.3. The highest BCUT2D eigenvalue weighted by Crippen LogP contribution is 2.17. The third-order valence-corrected chi connectivity index (χ3v) is 2.80. The van der Waals surface area contributed by atoms with Crippen molar-refractivity contribution in [2.24, 2.45) is 5.84 Å². The minimum absolute atomic E-state index is 0.895. The maximum absolute atomic E-state index is 5.48. The van der Waals surface area contributed by atoms with Crippen molar-refractivity contribution in [1.29, 1.82) is 0 Å². The summed E-state index contributed by atoms with van der Waals surface area (Å²) in [4.78, 5) is 1.95. The van der Waals surface area contributed by atoms with Gasteiger partial charge in [-0.3, -0.25) is 0 Å². The van der Waals surface area contributed by atoms with Gasteiger partial charge in [0.05, 0.1) is 0 Å². The van der Waals surface area contributed by atoms with Crippen molar-refractivity contribution in [2.75, 3.05) is 14.1 Å². The van der Waals surface area contributed by atoms with Crippen LogP contribution < -0.4 is 11.3 Å². The minimum atomic E-state index is 0.895. The Morgan fingerprint density at radius 1 is 1.12 bits per heavy atom. The van der Waals surface area contributed by atoms with Gasteiger partial charge in [0.2, 0.25) is 0 Å². The molecule has 0 aromatic heterocycles. The second-order valence-corrected chi connectivity index (χ2v) is 4.36. The summed E-state index contributed by atoms with van der Waals surface area (Å²) in [5, 5.41) is 0. The smallest absolute Gasteiger partial charge is 0.116 e. The number of nitrogens with one attached hydrogen (secondary N) is 1. The number of hydrogen-bond donors (Lipinski definition) is 2. The number of hydrazine groups is 1. The Morgan fingerprint density at radius 3 is 2.19 bits per heavy atom. The van der Waals surface area contributed by atoms with E-state index in [1.54, 1.807) is 0 Å². The Labute approximate surface area is 97.9 Å². The van der Waals surface area contributed by atoms with Crippen molar-refractivity contribution in [3.8, 4) is 0 Å². The molecular formula is C13H21N3. The monoisotopic (exact) mass is 219 g/mol. The third-order valence-electron chi connectivity index (χ3n) is 2.80. The Bertz CT molecular complexity index is 406. The maximum Gasteiger partial charge on any atom is 0.116 e. The Morgan fingerprint density at radius 2 is 1.69 bits per heavy atom. The predicted octanol–water partition coefficient (Wildman–Crippen LogP) is 1.94. The van der Waals surface area contributed by atoms with E-state index in [0.29, 0.717) is 0 Å². The molecule has 3 N–H and O–H groups in total. The fourth-order valence-electron chi connectivity index (χ4n) is 1.59. The standard InChI is InChI=1S/C13H21N3/c1-9-6-11(3)12(7-10(9)2)8-13(15-14)16(4)5/h6-8,15H,14H2,1-5H3/b13-8+. The van der Waals surface area contributed by atoms with E-state index in [1.165, 1.54) is 22.3 Å². The molecule has 1 aromatic carbocycles. The Hall–Kier alpha value is -1.48. The summed E-state index contributed by atoms with van der Waals surface area (Å²) in [6.07, 6.45) is 2.06. The van der Waals surface area contributed by atoms with E-state index in [1.807, 2.05) is 19.0 Å². The van der Waals surface area contributed by atoms with E-state index in [0.717, 1.165) is 5.82 Å². The van der Waals surface area contributed by atoms with Gasteiger partial charge in [0.15, 0.2) is 0 Å². The van der Waals surface area contributed by atoms with Crippen LogP contribution >= 0.6 is 0 Å². The number of hydrogen-bond acceptors (Lipinski definition) is 3. The van der Waals surface area contributed by atoms with Gasteiger partial charge in [-0.05, 0) is 49.1 Å². The average Bonchev–Trinajstić information content (AvgIpc) is 2.21. The molecule has 0 radical (unpaired) electrons. The summed E-state index contributed by atoms with van der Waals surface area (Å²) in [5.41, 5.74) is 7.78. The van der Waals surface area contributed by atoms with Gasteiger partial charge in [-0.25, -0.2) is 5.84 Å². The van der Waals surface area contributed by atoms with E-state index in [2.05, 4.69) is 44.4 Å². The van der Waals surface area contributed by atoms with Gasteiger partial charge in [-0.1, -0.05) is 12.1 Å². The molecular weight excluding hydrogens is 198 g/mol. The van der Waals surface area contributed by atoms with Crippen molar-refractivity contribution in [3.05, 3.63) is 40.2 Å². The number of nitrogens with zero attached hydrogens (tertiary/aromatic N) is 1. The Balaban J connectivity index is 3.18. The second kappa shape index (κ2) is 5.03. The molecule has 0 saturated heterocycles. The van der Waals surface area contributed by atoms with Crippen LogP contribution in [0.5, 0.6) is 0 Å². The molecule has 1 aromatic rings. The van der Waals surface area contributed by atoms with Crippen molar-refractivity contribution in [1.82, 2.24) is 10.3 Å². The molecule has 0 unspecified atom stereocenters. The van der Waals surface area contributed by atoms with Crippen molar-refractivity contribution in [2.45, 2.75) is 20.8 Å². The van der Waals surface area contributed by atoms with Crippen molar-refractivity contribution in [3.63, 3.8) is 0 Å². The predicted molar refractivity (Wildman–Crippen MR) is 69.6 cm³/mol. The van der Waals surface area contributed by atoms with Gasteiger partial charge in [0, 0.05) is 14.1 Å². The lowest BCUT2D eigenvalue weighted by Crippen LogP contribution is -2.30. The highest BCUT2D eigenvalue weighted by Gasteiger charge is 2.02. The average molecular weight is 219 g/mol. The highest BCUT2D eigenvalue weighted by molar-refractivity contribution is 5.57. The molecule has 0 atom stereocenters. The lowest BCUT2D eigenvalue weighted by atomic mass is 10.0. The van der Waals surface area contributed by atoms with Crippen LogP contribution in [-0.4, -0.2) is 19.0 Å². The van der Waals surface area contributed by atoms with Crippen LogP contribution in [0.25, 0.3) is 6.08 Å². The fraction of sp³-hybridized carbons (Fsp3) is 0.385. The molecule has 3 heteroatoms. The first-order valence-electron chi connectivity index (χ1n) is 5.39. The summed E-state index contributed by atoms with van der Waals surface area (Å²) < 4.78 is 0. The largest absolute Gasteiger partial charge is 0.364 e. The highest BCUT2D eigenvalue weighted by atomic mass is 15.3. The van der Waals surface area contributed by atoms with Crippen molar-refractivity contribution < 1.29 is 0 Å². The van der Waals surface area contributed by atoms with E-state index in [9.17, 15) is 0 Å². The number of nitrogens with two attached hydrogens (primary N) is 1. The molecule has 0 saturated carbocycles. The van der Waals surface area contributed by atoms with E-state index >= 15 is 0 Å². The molecule has 0 heterocycles. The van der Waals surface area contributed by atoms with Gasteiger partial charge < -0.3 is 10.3 Å². The van der Waals surface area contributed by atoms with E-state index in [4.69, 9.17) is 5.84 Å². The molecule has 0 fully saturated rings. The first kappa shape index (κ1) is 12.6. The topological polar surface area (TPSA) is 41.3 Å². The summed E-state index contributed by atoms with van der Waals surface area (Å²) in [6.45, 7) is 6.36. The number of benzene rings is 1. The molecule has 3 nitrogen and oxygen atoms in total. The second-order valence-electron chi connectivity index (χ2n) is 4.36. The first-order chi connectivity index (χ1) is 7.45. The minimum Gasteiger partial charge on any atom is -0.364 e. The summed E-state index contributed by atoms with van der Waals surface area (Å²) >= 11 is 0. The van der Waals surface area contributed by atoms with Crippen LogP contribution in [0.2, 0.25) is 0 Å². The van der Waals surface area contributed by atoms with Crippen LogP contribution in [0, 0.1) is 20.8 Å². The third kappa shape index (κ3) is 2.76. The van der Waals surface area contributed by atoms with Crippen LogP contribution in [-0.2, 0) is 0 Å². The molecule has 0 aliphatic carbocycles. The lowest BCUT2D eigenvalue weighted by Gasteiger charge is -2.17. The van der Waals surface area contributed by atoms with Gasteiger partial charge in [0.25, 0.3) is 0 Å². The molecule has 88 valence electrons.